The number of anilines is 2. The topological polar surface area (TPSA) is 67.5 Å². The summed E-state index contributed by atoms with van der Waals surface area (Å²) in [6.45, 7) is 8.33. The molecule has 0 saturated heterocycles. The molecule has 4 heteroatoms. The minimum absolute atomic E-state index is 0.0358. The number of rotatable bonds is 7. The van der Waals surface area contributed by atoms with E-state index in [2.05, 4.69) is 19.2 Å². The van der Waals surface area contributed by atoms with Gasteiger partial charge in [-0.2, -0.15) is 0 Å². The third kappa shape index (κ3) is 5.83. The molecule has 0 aliphatic carbocycles. The lowest BCUT2D eigenvalue weighted by Gasteiger charge is -2.20. The number of nitrogens with two attached hydrogens (primary N) is 1. The van der Waals surface area contributed by atoms with Gasteiger partial charge in [0.25, 0.3) is 0 Å². The number of hydrogen-bond donors (Lipinski definition) is 3. The first-order chi connectivity index (χ1) is 8.90. The van der Waals surface area contributed by atoms with Crippen LogP contribution >= 0.6 is 0 Å². The Kier molecular flexibility index (Phi) is 5.96. The van der Waals surface area contributed by atoms with E-state index in [1.807, 2.05) is 32.0 Å². The van der Waals surface area contributed by atoms with E-state index in [1.54, 1.807) is 0 Å². The maximum absolute atomic E-state index is 9.40. The van der Waals surface area contributed by atoms with Crippen molar-refractivity contribution in [1.29, 1.82) is 0 Å². The fraction of sp³-hybridized carbons (Fsp3) is 0.600. The monoisotopic (exact) mass is 266 g/mol. The van der Waals surface area contributed by atoms with E-state index in [9.17, 15) is 5.11 Å². The molecular formula is C15H26N2O2. The van der Waals surface area contributed by atoms with E-state index in [-0.39, 0.29) is 18.8 Å². The minimum atomic E-state index is 0.0358. The normalized spacial score (nSPS) is 12.8. The number of hydrogen-bond acceptors (Lipinski definition) is 4. The van der Waals surface area contributed by atoms with E-state index < -0.39 is 0 Å². The summed E-state index contributed by atoms with van der Waals surface area (Å²) in [5.74, 6) is 1.27. The molecule has 0 aliphatic rings. The molecule has 0 amide bonds. The number of benzene rings is 1. The molecule has 108 valence electrons. The highest BCUT2D eigenvalue weighted by Gasteiger charge is 2.11. The van der Waals surface area contributed by atoms with Gasteiger partial charge >= 0.3 is 0 Å². The van der Waals surface area contributed by atoms with Gasteiger partial charge in [0.2, 0.25) is 0 Å². The molecule has 4 N–H and O–H groups in total. The van der Waals surface area contributed by atoms with Crippen molar-refractivity contribution in [2.45, 2.75) is 46.3 Å². The van der Waals surface area contributed by atoms with Crippen LogP contribution in [0.25, 0.3) is 0 Å². The Morgan fingerprint density at radius 3 is 2.42 bits per heavy atom. The summed E-state index contributed by atoms with van der Waals surface area (Å²) in [5, 5.41) is 12.7. The smallest absolute Gasteiger partial charge is 0.123 e. The van der Waals surface area contributed by atoms with Gasteiger partial charge < -0.3 is 20.9 Å². The van der Waals surface area contributed by atoms with Gasteiger partial charge in [0.05, 0.1) is 12.7 Å². The van der Waals surface area contributed by atoms with Crippen LogP contribution in [0.5, 0.6) is 5.75 Å². The molecule has 1 aromatic carbocycles. The molecular weight excluding hydrogens is 240 g/mol. The predicted molar refractivity (Wildman–Crippen MR) is 80.6 cm³/mol. The van der Waals surface area contributed by atoms with Gasteiger partial charge in [-0.05, 0) is 32.3 Å². The van der Waals surface area contributed by atoms with Crippen molar-refractivity contribution >= 4 is 11.4 Å². The second-order valence-electron chi connectivity index (χ2n) is 5.61. The molecule has 1 atom stereocenters. The summed E-state index contributed by atoms with van der Waals surface area (Å²) in [7, 11) is 0. The quantitative estimate of drug-likeness (QED) is 0.664. The highest BCUT2D eigenvalue weighted by molar-refractivity contribution is 5.59. The Labute approximate surface area is 116 Å². The van der Waals surface area contributed by atoms with Gasteiger partial charge in [0, 0.05) is 29.5 Å². The van der Waals surface area contributed by atoms with E-state index in [0.29, 0.717) is 11.6 Å². The molecule has 1 rings (SSSR count). The first-order valence-electron chi connectivity index (χ1n) is 6.85. The standard InChI is InChI=1S/C15H26N2O2/c1-10(2)5-14(9-18)17-13-6-12(16)7-15(8-13)19-11(3)4/h6-8,10-11,14,17-18H,5,9,16H2,1-4H3. The molecule has 0 saturated carbocycles. The summed E-state index contributed by atoms with van der Waals surface area (Å²) < 4.78 is 5.65. The summed E-state index contributed by atoms with van der Waals surface area (Å²) in [4.78, 5) is 0. The zero-order valence-electron chi connectivity index (χ0n) is 12.3. The van der Waals surface area contributed by atoms with E-state index in [0.717, 1.165) is 17.9 Å². The van der Waals surface area contributed by atoms with Crippen LogP contribution in [-0.2, 0) is 0 Å². The molecule has 0 aromatic heterocycles. The second kappa shape index (κ2) is 7.24. The number of aliphatic hydroxyl groups is 1. The Morgan fingerprint density at radius 2 is 1.89 bits per heavy atom. The van der Waals surface area contributed by atoms with E-state index in [4.69, 9.17) is 10.5 Å². The van der Waals surface area contributed by atoms with E-state index in [1.165, 1.54) is 0 Å². The molecule has 0 spiro atoms. The van der Waals surface area contributed by atoms with Gasteiger partial charge in [0.15, 0.2) is 0 Å². The summed E-state index contributed by atoms with van der Waals surface area (Å²) >= 11 is 0. The number of aliphatic hydroxyl groups excluding tert-OH is 1. The third-order valence-electron chi connectivity index (χ3n) is 2.65. The molecule has 19 heavy (non-hydrogen) atoms. The van der Waals surface area contributed by atoms with Gasteiger partial charge in [-0.1, -0.05) is 13.8 Å². The SMILES string of the molecule is CC(C)CC(CO)Nc1cc(N)cc(OC(C)C)c1. The van der Waals surface area contributed by atoms with Gasteiger partial charge in [-0.3, -0.25) is 0 Å². The molecule has 0 radical (unpaired) electrons. The first kappa shape index (κ1) is 15.6. The number of nitrogens with one attached hydrogen (secondary N) is 1. The molecule has 0 bridgehead atoms. The fourth-order valence-electron chi connectivity index (χ4n) is 2.03. The first-order valence-corrected chi connectivity index (χ1v) is 6.85. The highest BCUT2D eigenvalue weighted by Crippen LogP contribution is 2.24. The summed E-state index contributed by atoms with van der Waals surface area (Å²) in [5.41, 5.74) is 7.41. The van der Waals surface area contributed by atoms with Crippen molar-refractivity contribution in [3.63, 3.8) is 0 Å². The van der Waals surface area contributed by atoms with Gasteiger partial charge in [0.1, 0.15) is 5.75 Å². The van der Waals surface area contributed by atoms with Crippen molar-refractivity contribution in [3.05, 3.63) is 18.2 Å². The average molecular weight is 266 g/mol. The lowest BCUT2D eigenvalue weighted by atomic mass is 10.0. The van der Waals surface area contributed by atoms with Crippen molar-refractivity contribution in [1.82, 2.24) is 0 Å². The number of nitrogen functional groups attached to an aromatic ring is 1. The van der Waals surface area contributed by atoms with Crippen LogP contribution in [0.2, 0.25) is 0 Å². The highest BCUT2D eigenvalue weighted by atomic mass is 16.5. The van der Waals surface area contributed by atoms with Crippen LogP contribution in [0.1, 0.15) is 34.1 Å². The molecule has 0 fully saturated rings. The Bertz CT molecular complexity index is 392. The van der Waals surface area contributed by atoms with Crippen LogP contribution in [0.3, 0.4) is 0 Å². The molecule has 0 heterocycles. The largest absolute Gasteiger partial charge is 0.491 e. The van der Waals surface area contributed by atoms with Crippen LogP contribution in [-0.4, -0.2) is 23.9 Å². The summed E-state index contributed by atoms with van der Waals surface area (Å²) in [6.07, 6.45) is 1.02. The molecule has 0 aliphatic heterocycles. The third-order valence-corrected chi connectivity index (χ3v) is 2.65. The van der Waals surface area contributed by atoms with Crippen molar-refractivity contribution < 1.29 is 9.84 Å². The van der Waals surface area contributed by atoms with Crippen LogP contribution in [0, 0.1) is 5.92 Å². The fourth-order valence-corrected chi connectivity index (χ4v) is 2.03. The van der Waals surface area contributed by atoms with E-state index >= 15 is 0 Å². The Morgan fingerprint density at radius 1 is 1.21 bits per heavy atom. The van der Waals surface area contributed by atoms with Crippen molar-refractivity contribution in [2.75, 3.05) is 17.7 Å². The van der Waals surface area contributed by atoms with Gasteiger partial charge in [-0.25, -0.2) is 0 Å². The Balaban J connectivity index is 2.78. The zero-order valence-corrected chi connectivity index (χ0v) is 12.3. The van der Waals surface area contributed by atoms with Crippen molar-refractivity contribution in [2.24, 2.45) is 5.92 Å². The molecule has 1 unspecified atom stereocenters. The minimum Gasteiger partial charge on any atom is -0.491 e. The molecule has 1 aromatic rings. The van der Waals surface area contributed by atoms with Crippen LogP contribution < -0.4 is 15.8 Å². The molecule has 4 nitrogen and oxygen atoms in total. The lowest BCUT2D eigenvalue weighted by molar-refractivity contribution is 0.242. The maximum Gasteiger partial charge on any atom is 0.123 e. The zero-order chi connectivity index (χ0) is 14.4. The van der Waals surface area contributed by atoms with Crippen LogP contribution in [0.15, 0.2) is 18.2 Å². The van der Waals surface area contributed by atoms with Crippen molar-refractivity contribution in [3.8, 4) is 5.75 Å². The average Bonchev–Trinajstić information content (AvgIpc) is 2.25. The van der Waals surface area contributed by atoms with Crippen LogP contribution in [0.4, 0.5) is 11.4 Å². The van der Waals surface area contributed by atoms with Gasteiger partial charge in [-0.15, -0.1) is 0 Å². The number of ether oxygens (including phenoxy) is 1. The summed E-state index contributed by atoms with van der Waals surface area (Å²) in [6, 6.07) is 5.62. The lowest BCUT2D eigenvalue weighted by Crippen LogP contribution is -2.25. The Hall–Kier alpha value is -1.42. The maximum atomic E-state index is 9.40. The predicted octanol–water partition coefficient (Wildman–Crippen LogP) is 2.87. The second-order valence-corrected chi connectivity index (χ2v) is 5.61.